The van der Waals surface area contributed by atoms with E-state index in [1.807, 2.05) is 0 Å². The van der Waals surface area contributed by atoms with Crippen molar-refractivity contribution in [1.82, 2.24) is 9.80 Å². The summed E-state index contributed by atoms with van der Waals surface area (Å²) in [5.41, 5.74) is 0. The van der Waals surface area contributed by atoms with Gasteiger partial charge >= 0.3 is 0 Å². The van der Waals surface area contributed by atoms with Gasteiger partial charge in [-0.15, -0.1) is 0 Å². The summed E-state index contributed by atoms with van der Waals surface area (Å²) < 4.78 is 0. The molecule has 0 N–H and O–H groups in total. The van der Waals surface area contributed by atoms with Crippen LogP contribution in [0.1, 0.15) is 44.9 Å². The molecule has 1 saturated carbocycles. The van der Waals surface area contributed by atoms with Gasteiger partial charge in [-0.2, -0.15) is 0 Å². The van der Waals surface area contributed by atoms with Crippen LogP contribution in [0, 0.1) is 17.8 Å². The summed E-state index contributed by atoms with van der Waals surface area (Å²) in [7, 11) is 0. The average Bonchev–Trinajstić information content (AvgIpc) is 2.89. The van der Waals surface area contributed by atoms with E-state index >= 15 is 0 Å². The second-order valence-electron chi connectivity index (χ2n) is 7.60. The molecule has 3 nitrogen and oxygen atoms in total. The third kappa shape index (κ3) is 2.65. The summed E-state index contributed by atoms with van der Waals surface area (Å²) in [5.74, 6) is 2.65. The Hall–Kier alpha value is -0.830. The normalized spacial score (nSPS) is 34.8. The van der Waals surface area contributed by atoms with E-state index in [1.165, 1.54) is 45.2 Å². The Bertz CT molecular complexity index is 405. The van der Waals surface area contributed by atoms with Crippen LogP contribution in [0.25, 0.3) is 0 Å². The molecule has 2 aliphatic heterocycles. The van der Waals surface area contributed by atoms with Crippen molar-refractivity contribution < 1.29 is 4.79 Å². The Kier molecular flexibility index (Phi) is 3.78. The Morgan fingerprint density at radius 1 is 0.905 bits per heavy atom. The van der Waals surface area contributed by atoms with Crippen molar-refractivity contribution in [3.8, 4) is 0 Å². The van der Waals surface area contributed by atoms with Gasteiger partial charge in [0.2, 0.25) is 5.91 Å². The summed E-state index contributed by atoms with van der Waals surface area (Å²) >= 11 is 0. The lowest BCUT2D eigenvalue weighted by Gasteiger charge is -2.39. The van der Waals surface area contributed by atoms with Crippen LogP contribution in [0.2, 0.25) is 0 Å². The highest BCUT2D eigenvalue weighted by molar-refractivity contribution is 5.79. The molecule has 116 valence electrons. The molecule has 21 heavy (non-hydrogen) atoms. The molecule has 2 heterocycles. The zero-order valence-electron chi connectivity index (χ0n) is 13.0. The van der Waals surface area contributed by atoms with Crippen molar-refractivity contribution in [2.45, 2.75) is 51.0 Å². The molecule has 2 aliphatic carbocycles. The maximum atomic E-state index is 12.3. The molecule has 0 bridgehead atoms. The highest BCUT2D eigenvalue weighted by Crippen LogP contribution is 2.36. The van der Waals surface area contributed by atoms with E-state index in [2.05, 4.69) is 22.0 Å². The molecule has 4 aliphatic rings. The van der Waals surface area contributed by atoms with E-state index in [1.54, 1.807) is 0 Å². The van der Waals surface area contributed by atoms with Gasteiger partial charge in [-0.25, -0.2) is 0 Å². The number of allylic oxidation sites excluding steroid dienone is 2. The largest absolute Gasteiger partial charge is 0.342 e. The quantitative estimate of drug-likeness (QED) is 0.729. The molecule has 3 heteroatoms. The zero-order valence-corrected chi connectivity index (χ0v) is 13.0. The molecule has 0 aromatic carbocycles. The van der Waals surface area contributed by atoms with Crippen molar-refractivity contribution in [1.29, 1.82) is 0 Å². The van der Waals surface area contributed by atoms with Crippen LogP contribution < -0.4 is 0 Å². The van der Waals surface area contributed by atoms with E-state index in [0.717, 1.165) is 43.8 Å². The number of fused-ring (bicyclic) bond motifs is 1. The van der Waals surface area contributed by atoms with Crippen LogP contribution in [-0.4, -0.2) is 47.9 Å². The second-order valence-corrected chi connectivity index (χ2v) is 7.60. The van der Waals surface area contributed by atoms with Gasteiger partial charge in [-0.1, -0.05) is 18.6 Å². The third-order valence-corrected chi connectivity index (χ3v) is 6.40. The maximum absolute atomic E-state index is 12.3. The predicted molar refractivity (Wildman–Crippen MR) is 83.9 cm³/mol. The third-order valence-electron chi connectivity index (χ3n) is 6.40. The van der Waals surface area contributed by atoms with Gasteiger partial charge in [0.25, 0.3) is 0 Å². The van der Waals surface area contributed by atoms with Crippen molar-refractivity contribution >= 4 is 5.91 Å². The first-order chi connectivity index (χ1) is 10.3. The number of hydrogen-bond donors (Lipinski definition) is 0. The summed E-state index contributed by atoms with van der Waals surface area (Å²) in [6.07, 6.45) is 13.3. The molecule has 1 amide bonds. The summed E-state index contributed by atoms with van der Waals surface area (Å²) in [6.45, 7) is 4.61. The van der Waals surface area contributed by atoms with Gasteiger partial charge in [0.1, 0.15) is 0 Å². The fourth-order valence-corrected chi connectivity index (χ4v) is 4.71. The van der Waals surface area contributed by atoms with E-state index in [4.69, 9.17) is 0 Å². The fraction of sp³-hybridized carbons (Fsp3) is 0.833. The van der Waals surface area contributed by atoms with Crippen LogP contribution in [0.5, 0.6) is 0 Å². The molecule has 0 aromatic heterocycles. The van der Waals surface area contributed by atoms with Gasteiger partial charge in [-0.05, 0) is 50.4 Å². The Morgan fingerprint density at radius 2 is 1.52 bits per heavy atom. The van der Waals surface area contributed by atoms with Crippen LogP contribution in [0.15, 0.2) is 12.2 Å². The monoisotopic (exact) mass is 288 g/mol. The number of likely N-dealkylation sites (tertiary alicyclic amines) is 2. The lowest BCUT2D eigenvalue weighted by Crippen LogP contribution is -2.48. The molecule has 0 radical (unpaired) electrons. The lowest BCUT2D eigenvalue weighted by atomic mass is 9.84. The number of nitrogens with zero attached hydrogens (tertiary/aromatic N) is 2. The van der Waals surface area contributed by atoms with Crippen LogP contribution in [0.4, 0.5) is 0 Å². The van der Waals surface area contributed by atoms with Crippen molar-refractivity contribution in [2.24, 2.45) is 17.8 Å². The number of hydrogen-bond acceptors (Lipinski definition) is 2. The Balaban J connectivity index is 1.28. The molecular formula is C18H28N2O. The Morgan fingerprint density at radius 3 is 2.05 bits per heavy atom. The van der Waals surface area contributed by atoms with E-state index in [9.17, 15) is 4.79 Å². The van der Waals surface area contributed by atoms with Crippen molar-refractivity contribution in [2.75, 3.05) is 26.2 Å². The summed E-state index contributed by atoms with van der Waals surface area (Å²) in [6, 6.07) is 0.737. The topological polar surface area (TPSA) is 23.6 Å². The van der Waals surface area contributed by atoms with Gasteiger partial charge in [-0.3, -0.25) is 9.69 Å². The highest BCUT2D eigenvalue weighted by Gasteiger charge is 2.38. The molecule has 2 atom stereocenters. The zero-order chi connectivity index (χ0) is 14.2. The van der Waals surface area contributed by atoms with Crippen LogP contribution >= 0.6 is 0 Å². The number of carbonyl (C=O) groups is 1. The first-order valence-electron chi connectivity index (χ1n) is 8.99. The molecule has 0 spiro atoms. The summed E-state index contributed by atoms with van der Waals surface area (Å²) in [5, 5.41) is 0. The van der Waals surface area contributed by atoms with Crippen molar-refractivity contribution in [3.05, 3.63) is 12.2 Å². The predicted octanol–water partition coefficient (Wildman–Crippen LogP) is 2.68. The number of amides is 1. The van der Waals surface area contributed by atoms with Gasteiger partial charge in [0, 0.05) is 38.1 Å². The minimum atomic E-state index is 0.377. The molecule has 2 saturated heterocycles. The van der Waals surface area contributed by atoms with Gasteiger partial charge < -0.3 is 4.90 Å². The highest BCUT2D eigenvalue weighted by atomic mass is 16.2. The number of carbonyl (C=O) groups excluding carboxylic acids is 1. The SMILES string of the molecule is O=C(C1CCC1)N1CCC(N2C[C@H]3CC=CC[C@H]3C2)CC1. The number of piperidine rings is 1. The summed E-state index contributed by atoms with van der Waals surface area (Å²) in [4.78, 5) is 17.2. The number of rotatable bonds is 2. The first kappa shape index (κ1) is 13.8. The minimum Gasteiger partial charge on any atom is -0.342 e. The van der Waals surface area contributed by atoms with E-state index in [-0.39, 0.29) is 0 Å². The van der Waals surface area contributed by atoms with Gasteiger partial charge in [0.05, 0.1) is 0 Å². The average molecular weight is 288 g/mol. The molecule has 4 rings (SSSR count). The first-order valence-corrected chi connectivity index (χ1v) is 8.99. The minimum absolute atomic E-state index is 0.377. The molecule has 3 fully saturated rings. The molecular weight excluding hydrogens is 260 g/mol. The Labute approximate surface area is 128 Å². The van der Waals surface area contributed by atoms with E-state index < -0.39 is 0 Å². The maximum Gasteiger partial charge on any atom is 0.225 e. The van der Waals surface area contributed by atoms with Gasteiger partial charge in [0.15, 0.2) is 0 Å². The molecule has 0 unspecified atom stereocenters. The van der Waals surface area contributed by atoms with Crippen LogP contribution in [0.3, 0.4) is 0 Å². The lowest BCUT2D eigenvalue weighted by molar-refractivity contribution is -0.139. The molecule has 0 aromatic rings. The van der Waals surface area contributed by atoms with Crippen LogP contribution in [-0.2, 0) is 4.79 Å². The fourth-order valence-electron chi connectivity index (χ4n) is 4.71. The standard InChI is InChI=1S/C18H28N2O/c21-18(14-6-3-7-14)19-10-8-17(9-11-19)20-12-15-4-1-2-5-16(15)13-20/h1-2,14-17H,3-13H2/t15-,16+. The second kappa shape index (κ2) is 5.75. The van der Waals surface area contributed by atoms with Crippen molar-refractivity contribution in [3.63, 3.8) is 0 Å². The smallest absolute Gasteiger partial charge is 0.225 e. The van der Waals surface area contributed by atoms with E-state index in [0.29, 0.717) is 11.8 Å².